The highest BCUT2D eigenvalue weighted by Crippen LogP contribution is 2.11. The van der Waals surface area contributed by atoms with Crippen LogP contribution in [0.1, 0.15) is 18.2 Å². The van der Waals surface area contributed by atoms with Crippen molar-refractivity contribution in [2.75, 3.05) is 5.32 Å². The second kappa shape index (κ2) is 5.18. The van der Waals surface area contributed by atoms with Gasteiger partial charge >= 0.3 is 4.87 Å². The van der Waals surface area contributed by atoms with Crippen molar-refractivity contribution in [1.29, 1.82) is 0 Å². The van der Waals surface area contributed by atoms with Gasteiger partial charge in [0.05, 0.1) is 6.20 Å². The van der Waals surface area contributed by atoms with Gasteiger partial charge in [-0.15, -0.1) is 0 Å². The summed E-state index contributed by atoms with van der Waals surface area (Å²) in [5.41, 5.74) is 1.73. The highest BCUT2D eigenvalue weighted by Gasteiger charge is 2.11. The minimum Gasteiger partial charge on any atom is -0.309 e. The van der Waals surface area contributed by atoms with Crippen LogP contribution in [0.3, 0.4) is 0 Å². The van der Waals surface area contributed by atoms with Crippen molar-refractivity contribution < 1.29 is 4.79 Å². The lowest BCUT2D eigenvalue weighted by atomic mass is 10.2. The summed E-state index contributed by atoms with van der Waals surface area (Å²) in [5, 5.41) is 11.1. The van der Waals surface area contributed by atoms with Gasteiger partial charge in [0.15, 0.2) is 0 Å². The molecule has 0 saturated carbocycles. The van der Waals surface area contributed by atoms with E-state index in [4.69, 9.17) is 0 Å². The fourth-order valence-electron chi connectivity index (χ4n) is 1.61. The quantitative estimate of drug-likeness (QED) is 0.871. The normalized spacial score (nSPS) is 10.6. The van der Waals surface area contributed by atoms with Gasteiger partial charge in [0.2, 0.25) is 5.91 Å². The van der Waals surface area contributed by atoms with Gasteiger partial charge < -0.3 is 5.32 Å². The minimum absolute atomic E-state index is 0.0241. The number of H-pyrrole nitrogens is 1. The topological polar surface area (TPSA) is 79.8 Å². The summed E-state index contributed by atoms with van der Waals surface area (Å²) in [7, 11) is 0. The molecule has 0 saturated heterocycles. The second-order valence-corrected chi connectivity index (χ2v) is 4.72. The SMILES string of the molecule is CCc1cn[nH]c1NC(=O)Cn1c(C)csc1=O. The predicted octanol–water partition coefficient (Wildman–Crippen LogP) is 1.14. The fraction of sp³-hybridized carbons (Fsp3) is 0.364. The van der Waals surface area contributed by atoms with Crippen LogP contribution in [0.25, 0.3) is 0 Å². The van der Waals surface area contributed by atoms with Gasteiger partial charge in [0.1, 0.15) is 12.4 Å². The molecule has 0 fully saturated rings. The van der Waals surface area contributed by atoms with E-state index in [9.17, 15) is 9.59 Å². The van der Waals surface area contributed by atoms with E-state index in [1.807, 2.05) is 6.92 Å². The molecular weight excluding hydrogens is 252 g/mol. The highest BCUT2D eigenvalue weighted by molar-refractivity contribution is 7.07. The van der Waals surface area contributed by atoms with Crippen LogP contribution in [0.4, 0.5) is 5.82 Å². The van der Waals surface area contributed by atoms with Gasteiger partial charge in [-0.2, -0.15) is 5.10 Å². The largest absolute Gasteiger partial charge is 0.309 e. The first-order chi connectivity index (χ1) is 8.61. The molecule has 0 unspecified atom stereocenters. The average Bonchev–Trinajstić information content (AvgIpc) is 2.90. The molecule has 0 aromatic carbocycles. The number of nitrogens with one attached hydrogen (secondary N) is 2. The number of hydrogen-bond acceptors (Lipinski definition) is 4. The Morgan fingerprint density at radius 1 is 1.61 bits per heavy atom. The number of aromatic nitrogens is 3. The number of hydrogen-bond donors (Lipinski definition) is 2. The highest BCUT2D eigenvalue weighted by atomic mass is 32.1. The van der Waals surface area contributed by atoms with Crippen molar-refractivity contribution in [3.8, 4) is 0 Å². The Bertz CT molecular complexity index is 611. The summed E-state index contributed by atoms with van der Waals surface area (Å²) in [4.78, 5) is 23.2. The first-order valence-electron chi connectivity index (χ1n) is 5.58. The van der Waals surface area contributed by atoms with Gasteiger partial charge in [-0.05, 0) is 13.3 Å². The first-order valence-corrected chi connectivity index (χ1v) is 6.46. The van der Waals surface area contributed by atoms with E-state index in [1.165, 1.54) is 4.57 Å². The van der Waals surface area contributed by atoms with E-state index in [0.717, 1.165) is 29.0 Å². The molecule has 0 atom stereocenters. The lowest BCUT2D eigenvalue weighted by Crippen LogP contribution is -2.25. The first kappa shape index (κ1) is 12.6. The Morgan fingerprint density at radius 2 is 2.39 bits per heavy atom. The van der Waals surface area contributed by atoms with Crippen LogP contribution in [0.5, 0.6) is 0 Å². The lowest BCUT2D eigenvalue weighted by molar-refractivity contribution is -0.116. The second-order valence-electron chi connectivity index (χ2n) is 3.90. The van der Waals surface area contributed by atoms with Crippen molar-refractivity contribution in [3.63, 3.8) is 0 Å². The fourth-order valence-corrected chi connectivity index (χ4v) is 2.34. The molecule has 2 heterocycles. The number of carbonyl (C=O) groups excluding carboxylic acids is 1. The maximum Gasteiger partial charge on any atom is 0.307 e. The zero-order valence-electron chi connectivity index (χ0n) is 10.2. The Kier molecular flexibility index (Phi) is 3.61. The molecule has 2 aromatic rings. The van der Waals surface area contributed by atoms with Crippen molar-refractivity contribution in [2.24, 2.45) is 0 Å². The third kappa shape index (κ3) is 2.51. The number of carbonyl (C=O) groups is 1. The van der Waals surface area contributed by atoms with Crippen molar-refractivity contribution >= 4 is 23.1 Å². The maximum atomic E-state index is 11.8. The summed E-state index contributed by atoms with van der Waals surface area (Å²) in [6.07, 6.45) is 2.46. The van der Waals surface area contributed by atoms with Gasteiger partial charge in [0.25, 0.3) is 0 Å². The third-order valence-electron chi connectivity index (χ3n) is 2.64. The van der Waals surface area contributed by atoms with Crippen LogP contribution in [-0.4, -0.2) is 20.7 Å². The summed E-state index contributed by atoms with van der Waals surface area (Å²) < 4.78 is 1.45. The van der Waals surface area contributed by atoms with Crippen LogP contribution >= 0.6 is 11.3 Å². The summed E-state index contributed by atoms with van der Waals surface area (Å²) in [6, 6.07) is 0. The number of thiazole rings is 1. The van der Waals surface area contributed by atoms with Crippen molar-refractivity contribution in [3.05, 3.63) is 32.5 Å². The number of aromatic amines is 1. The van der Waals surface area contributed by atoms with Crippen LogP contribution in [-0.2, 0) is 17.8 Å². The number of amides is 1. The summed E-state index contributed by atoms with van der Waals surface area (Å²) >= 11 is 1.10. The number of rotatable bonds is 4. The Morgan fingerprint density at radius 3 is 3.00 bits per heavy atom. The van der Waals surface area contributed by atoms with Gasteiger partial charge in [0, 0.05) is 16.6 Å². The van der Waals surface area contributed by atoms with Crippen LogP contribution < -0.4 is 10.2 Å². The van der Waals surface area contributed by atoms with E-state index in [1.54, 1.807) is 18.5 Å². The molecule has 7 heteroatoms. The molecule has 2 rings (SSSR count). The molecule has 96 valence electrons. The standard InChI is InChI=1S/C11H14N4O2S/c1-3-8-4-12-14-10(8)13-9(16)5-15-7(2)6-18-11(15)17/h4,6H,3,5H2,1-2H3,(H2,12,13,14,16). The monoisotopic (exact) mass is 266 g/mol. The minimum atomic E-state index is -0.238. The zero-order valence-corrected chi connectivity index (χ0v) is 11.0. The van der Waals surface area contributed by atoms with Gasteiger partial charge in [-0.25, -0.2) is 0 Å². The molecule has 0 aliphatic heterocycles. The number of aryl methyl sites for hydroxylation is 2. The van der Waals surface area contributed by atoms with E-state index in [-0.39, 0.29) is 17.3 Å². The smallest absolute Gasteiger partial charge is 0.307 e. The number of anilines is 1. The summed E-state index contributed by atoms with van der Waals surface area (Å²) in [5.74, 6) is 0.362. The van der Waals surface area contributed by atoms with Crippen LogP contribution in [0.2, 0.25) is 0 Å². The van der Waals surface area contributed by atoms with Crippen LogP contribution in [0.15, 0.2) is 16.4 Å². The molecule has 0 radical (unpaired) electrons. The summed E-state index contributed by atoms with van der Waals surface area (Å²) in [6.45, 7) is 3.81. The molecule has 6 nitrogen and oxygen atoms in total. The molecule has 0 spiro atoms. The Labute approximate surface area is 108 Å². The van der Waals surface area contributed by atoms with Crippen molar-refractivity contribution in [1.82, 2.24) is 14.8 Å². The average molecular weight is 266 g/mol. The van der Waals surface area contributed by atoms with E-state index in [0.29, 0.717) is 5.82 Å². The van der Waals surface area contributed by atoms with E-state index < -0.39 is 0 Å². The predicted molar refractivity (Wildman–Crippen MR) is 69.9 cm³/mol. The van der Waals surface area contributed by atoms with Gasteiger partial charge in [-0.1, -0.05) is 18.3 Å². The van der Waals surface area contributed by atoms with Crippen LogP contribution in [0, 0.1) is 6.92 Å². The molecule has 18 heavy (non-hydrogen) atoms. The number of nitrogens with zero attached hydrogens (tertiary/aromatic N) is 2. The molecule has 1 amide bonds. The lowest BCUT2D eigenvalue weighted by Gasteiger charge is -2.06. The van der Waals surface area contributed by atoms with Crippen molar-refractivity contribution in [2.45, 2.75) is 26.8 Å². The molecule has 2 aromatic heterocycles. The maximum absolute atomic E-state index is 11.8. The Hall–Kier alpha value is -1.89. The molecule has 0 aliphatic rings. The third-order valence-corrected chi connectivity index (χ3v) is 3.52. The molecular formula is C11H14N4O2S. The molecule has 0 bridgehead atoms. The molecule has 2 N–H and O–H groups in total. The molecule has 0 aliphatic carbocycles. The Balaban J connectivity index is 2.08. The van der Waals surface area contributed by atoms with E-state index in [2.05, 4.69) is 15.5 Å². The van der Waals surface area contributed by atoms with Gasteiger partial charge in [-0.3, -0.25) is 19.3 Å². The zero-order chi connectivity index (χ0) is 13.1. The van der Waals surface area contributed by atoms with E-state index >= 15 is 0 Å².